The van der Waals surface area contributed by atoms with Gasteiger partial charge < -0.3 is 4.55 Å². The molecule has 3 saturated heterocycles. The van der Waals surface area contributed by atoms with Crippen LogP contribution in [0.5, 0.6) is 0 Å². The number of rotatable bonds is 1. The fourth-order valence-corrected chi connectivity index (χ4v) is 10.6. The predicted molar refractivity (Wildman–Crippen MR) is 71.2 cm³/mol. The zero-order chi connectivity index (χ0) is 15.8. The van der Waals surface area contributed by atoms with Crippen LogP contribution in [0.4, 0.5) is 13.2 Å². The molecule has 0 aromatic carbocycles. The molecule has 0 spiro atoms. The summed E-state index contributed by atoms with van der Waals surface area (Å²) in [5.74, 6) is 0. The van der Waals surface area contributed by atoms with E-state index < -0.39 is 34.0 Å². The molecule has 0 aromatic rings. The number of fused-ring (bicyclic) bond motifs is 3. The van der Waals surface area contributed by atoms with Crippen LogP contribution in [0, 0.1) is 0 Å². The van der Waals surface area contributed by atoms with Gasteiger partial charge in [-0.25, -0.2) is 8.42 Å². The van der Waals surface area contributed by atoms with Crippen LogP contribution in [0.3, 0.4) is 0 Å². The summed E-state index contributed by atoms with van der Waals surface area (Å²) in [5, 5.41) is 0. The van der Waals surface area contributed by atoms with E-state index in [9.17, 15) is 13.2 Å². The van der Waals surface area contributed by atoms with E-state index in [1.807, 2.05) is 4.90 Å². The average molecular weight is 424 g/mol. The first-order valence-electron chi connectivity index (χ1n) is 6.64. The van der Waals surface area contributed by atoms with E-state index in [1.165, 1.54) is 19.6 Å². The molecule has 0 aliphatic carbocycles. The van der Waals surface area contributed by atoms with Crippen molar-refractivity contribution in [3.8, 4) is 0 Å². The Morgan fingerprint density at radius 1 is 1.05 bits per heavy atom. The van der Waals surface area contributed by atoms with Crippen molar-refractivity contribution in [3.63, 3.8) is 0 Å². The standard InChI is InChI=1S/C7H12N.CHF3O3S.3CH3.Sn/c1-4-8-5-2-7(1)3-6-8;2-1(3,4)8(5,6)7;;;;/h1-6H2;(H,5,6,7);3*1H3;. The van der Waals surface area contributed by atoms with Crippen molar-refractivity contribution < 1.29 is 31.0 Å². The van der Waals surface area contributed by atoms with Gasteiger partial charge in [-0.1, -0.05) is 0 Å². The van der Waals surface area contributed by atoms with Crippen molar-refractivity contribution in [3.05, 3.63) is 0 Å². The van der Waals surface area contributed by atoms with E-state index in [0.29, 0.717) is 0 Å². The number of alkyl halides is 3. The Morgan fingerprint density at radius 2 is 1.35 bits per heavy atom. The third kappa shape index (κ3) is 4.23. The van der Waals surface area contributed by atoms with Gasteiger partial charge in [-0.2, -0.15) is 13.2 Å². The number of hydrogen-bond donors (Lipinski definition) is 1. The summed E-state index contributed by atoms with van der Waals surface area (Å²) < 4.78 is 59.8. The molecule has 3 aliphatic rings. The van der Waals surface area contributed by atoms with Gasteiger partial charge in [0.15, 0.2) is 10.1 Å². The third-order valence-electron chi connectivity index (χ3n) is 4.75. The Balaban J connectivity index is 0.000000221. The van der Waals surface area contributed by atoms with Gasteiger partial charge in [-0.3, -0.25) is 0 Å². The van der Waals surface area contributed by atoms with Gasteiger partial charge in [0.2, 0.25) is 0 Å². The summed E-state index contributed by atoms with van der Waals surface area (Å²) in [5.41, 5.74) is -5.65. The normalized spacial score (nSPS) is 30.6. The number of halogens is 3. The van der Waals surface area contributed by atoms with Crippen LogP contribution in [0.1, 0.15) is 19.3 Å². The van der Waals surface area contributed by atoms with E-state index in [4.69, 9.17) is 13.0 Å². The maximum atomic E-state index is 10.7. The number of piperidine rings is 3. The molecular formula is C11H22F3NO3SSn. The molecule has 3 aliphatic heterocycles. The van der Waals surface area contributed by atoms with Gasteiger partial charge in [0.05, 0.1) is 0 Å². The SMILES string of the molecule is O=S(=O)([O-])C(F)(F)F.[CH3][Sn]([CH3])([CH3])[C]12CC[NH+](CC1)CC2. The van der Waals surface area contributed by atoms with Crippen LogP contribution in [0.15, 0.2) is 0 Å². The van der Waals surface area contributed by atoms with E-state index >= 15 is 0 Å². The molecule has 0 amide bonds. The van der Waals surface area contributed by atoms with Gasteiger partial charge in [0.1, 0.15) is 0 Å². The number of hydrogen-bond acceptors (Lipinski definition) is 3. The summed E-state index contributed by atoms with van der Waals surface area (Å²) in [6, 6.07) is 0. The molecule has 1 N–H and O–H groups in total. The third-order valence-corrected chi connectivity index (χ3v) is 16.5. The minimum absolute atomic E-state index is 0.913. The topological polar surface area (TPSA) is 61.6 Å². The van der Waals surface area contributed by atoms with Gasteiger partial charge in [0, 0.05) is 0 Å². The summed E-state index contributed by atoms with van der Waals surface area (Å²) in [7, 11) is -6.09. The zero-order valence-electron chi connectivity index (χ0n) is 12.0. The average Bonchev–Trinajstić information content (AvgIpc) is 2.28. The molecule has 0 saturated carbocycles. The molecule has 0 atom stereocenters. The second-order valence-corrected chi connectivity index (χ2v) is 23.9. The van der Waals surface area contributed by atoms with Crippen LogP contribution in [0.25, 0.3) is 0 Å². The Morgan fingerprint density at radius 3 is 1.50 bits per heavy atom. The Kier molecular flexibility index (Phi) is 5.48. The van der Waals surface area contributed by atoms with Crippen molar-refractivity contribution in [1.29, 1.82) is 0 Å². The summed E-state index contributed by atoms with van der Waals surface area (Å²) in [4.78, 5) is 9.83. The summed E-state index contributed by atoms with van der Waals surface area (Å²) >= 11 is -1.61. The van der Waals surface area contributed by atoms with E-state index in [1.54, 1.807) is 19.3 Å². The molecule has 0 aromatic heterocycles. The van der Waals surface area contributed by atoms with E-state index in [2.05, 4.69) is 14.8 Å². The second kappa shape index (κ2) is 5.92. The molecule has 20 heavy (non-hydrogen) atoms. The quantitative estimate of drug-likeness (QED) is 0.391. The first kappa shape index (κ1) is 18.5. The van der Waals surface area contributed by atoms with Crippen LogP contribution in [-0.4, -0.2) is 56.5 Å². The number of nitrogens with one attached hydrogen (secondary N) is 1. The van der Waals surface area contributed by atoms with Crippen molar-refractivity contribution in [2.75, 3.05) is 19.6 Å². The molecule has 0 unspecified atom stereocenters. The van der Waals surface area contributed by atoms with Crippen molar-refractivity contribution in [2.24, 2.45) is 0 Å². The molecule has 0 radical (unpaired) electrons. The van der Waals surface area contributed by atoms with Crippen LogP contribution >= 0.6 is 0 Å². The summed E-state index contributed by atoms with van der Waals surface area (Å²) in [6.45, 7) is 4.48. The van der Waals surface area contributed by atoms with Crippen molar-refractivity contribution in [2.45, 2.75) is 43.0 Å². The van der Waals surface area contributed by atoms with Crippen LogP contribution < -0.4 is 4.90 Å². The molecule has 3 heterocycles. The molecule has 3 fully saturated rings. The Hall–Kier alpha value is 0.459. The maximum absolute atomic E-state index is 10.7. The zero-order valence-corrected chi connectivity index (χ0v) is 15.7. The first-order chi connectivity index (χ1) is 8.79. The van der Waals surface area contributed by atoms with Gasteiger partial charge >= 0.3 is 85.9 Å². The fraction of sp³-hybridized carbons (Fsp3) is 1.00. The Bertz CT molecular complexity index is 423. The van der Waals surface area contributed by atoms with Crippen molar-refractivity contribution >= 4 is 28.5 Å². The monoisotopic (exact) mass is 425 g/mol. The van der Waals surface area contributed by atoms with Crippen molar-refractivity contribution in [1.82, 2.24) is 0 Å². The Labute approximate surface area is 122 Å². The van der Waals surface area contributed by atoms with Gasteiger partial charge in [-0.05, 0) is 0 Å². The molecule has 2 bridgehead atoms. The van der Waals surface area contributed by atoms with Crippen LogP contribution in [-0.2, 0) is 10.1 Å². The van der Waals surface area contributed by atoms with Crippen LogP contribution in [0.2, 0.25) is 18.2 Å². The molecule has 3 rings (SSSR count). The van der Waals surface area contributed by atoms with Gasteiger partial charge in [-0.15, -0.1) is 0 Å². The summed E-state index contributed by atoms with van der Waals surface area (Å²) in [6.07, 6.45) is 4.71. The van der Waals surface area contributed by atoms with E-state index in [-0.39, 0.29) is 0 Å². The number of quaternary nitrogens is 1. The molecule has 120 valence electrons. The van der Waals surface area contributed by atoms with Gasteiger partial charge in [0.25, 0.3) is 0 Å². The second-order valence-electron chi connectivity index (χ2n) is 6.68. The first-order valence-corrected chi connectivity index (χ1v) is 18.0. The molecule has 9 heteroatoms. The molecular weight excluding hydrogens is 402 g/mol. The minimum atomic E-state index is -6.09. The fourth-order valence-electron chi connectivity index (χ4n) is 3.12. The predicted octanol–water partition coefficient (Wildman–Crippen LogP) is 1.20. The van der Waals surface area contributed by atoms with E-state index in [0.717, 1.165) is 3.43 Å². The molecule has 4 nitrogen and oxygen atoms in total.